The van der Waals surface area contributed by atoms with Crippen molar-refractivity contribution in [3.05, 3.63) is 217 Å². The number of halogens is 6. The second kappa shape index (κ2) is 25.9. The zero-order valence-corrected chi connectivity index (χ0v) is 41.5. The van der Waals surface area contributed by atoms with Crippen LogP contribution in [-0.2, 0) is 14.1 Å². The number of hydrogen-bond acceptors (Lipinski definition) is 13. The largest absolute Gasteiger partial charge is 0.573 e. The van der Waals surface area contributed by atoms with Crippen LogP contribution in [0.2, 0.25) is 10.3 Å². The summed E-state index contributed by atoms with van der Waals surface area (Å²) >= 11 is 11.0. The van der Waals surface area contributed by atoms with Crippen LogP contribution in [-0.4, -0.2) is 51.8 Å². The molecule has 5 N–H and O–H groups in total. The maximum absolute atomic E-state index is 12.5. The van der Waals surface area contributed by atoms with E-state index >= 15 is 0 Å². The highest BCUT2D eigenvalue weighted by atomic mass is 35.5. The first-order valence-electron chi connectivity index (χ1n) is 22.3. The third-order valence-electron chi connectivity index (χ3n) is 9.72. The van der Waals surface area contributed by atoms with Crippen molar-refractivity contribution >= 4 is 46.2 Å². The van der Waals surface area contributed by atoms with Crippen molar-refractivity contribution < 1.29 is 41.3 Å². The molecule has 16 nitrogen and oxygen atoms in total. The van der Waals surface area contributed by atoms with Crippen molar-refractivity contribution in [3.63, 3.8) is 0 Å². The fourth-order valence-electron chi connectivity index (χ4n) is 6.41. The molecule has 0 aliphatic carbocycles. The Balaban J connectivity index is 0.000000165. The Bertz CT molecular complexity index is 3450. The highest BCUT2D eigenvalue weighted by Crippen LogP contribution is 2.30. The summed E-state index contributed by atoms with van der Waals surface area (Å²) in [4.78, 5) is 28.5. The molecule has 22 heteroatoms. The van der Waals surface area contributed by atoms with E-state index in [0.717, 1.165) is 35.0 Å². The zero-order chi connectivity index (χ0) is 54.0. The van der Waals surface area contributed by atoms with Gasteiger partial charge in [0.15, 0.2) is 0 Å². The second-order valence-electron chi connectivity index (χ2n) is 15.7. The quantitative estimate of drug-likeness (QED) is 0.0627. The molecule has 0 saturated carbocycles. The van der Waals surface area contributed by atoms with E-state index in [-0.39, 0.29) is 16.5 Å². The van der Waals surface area contributed by atoms with E-state index in [1.807, 2.05) is 69.0 Å². The van der Waals surface area contributed by atoms with Gasteiger partial charge in [0.25, 0.3) is 5.91 Å². The van der Waals surface area contributed by atoms with Crippen LogP contribution in [0.1, 0.15) is 10.4 Å². The summed E-state index contributed by atoms with van der Waals surface area (Å²) < 4.78 is 73.3. The number of ether oxygens (including phenoxy) is 4. The van der Waals surface area contributed by atoms with Gasteiger partial charge in [-0.15, -0.1) is 13.2 Å². The van der Waals surface area contributed by atoms with E-state index in [4.69, 9.17) is 48.9 Å². The highest BCUT2D eigenvalue weighted by Gasteiger charge is 2.31. The highest BCUT2D eigenvalue weighted by molar-refractivity contribution is 6.29. The number of hydrogen-bond donors (Lipinski definition) is 3. The van der Waals surface area contributed by atoms with Crippen molar-refractivity contribution in [2.24, 2.45) is 14.1 Å². The van der Waals surface area contributed by atoms with Crippen molar-refractivity contribution in [3.8, 4) is 62.8 Å². The van der Waals surface area contributed by atoms with Gasteiger partial charge in [0.2, 0.25) is 0 Å². The first-order valence-corrected chi connectivity index (χ1v) is 23.0. The van der Waals surface area contributed by atoms with Crippen LogP contribution in [0.4, 0.5) is 34.6 Å². The molecule has 76 heavy (non-hydrogen) atoms. The molecular weight excluding hydrogens is 1030 g/mol. The molecule has 1 amide bonds. The summed E-state index contributed by atoms with van der Waals surface area (Å²) in [5.41, 5.74) is 16.6. The Morgan fingerprint density at radius 1 is 0.539 bits per heavy atom. The van der Waals surface area contributed by atoms with E-state index in [9.17, 15) is 22.4 Å². The Hall–Kier alpha value is -9.53. The molecule has 10 rings (SSSR count). The minimum absolute atomic E-state index is 0.172. The van der Waals surface area contributed by atoms with Gasteiger partial charge in [-0.25, -0.2) is 14.4 Å². The summed E-state index contributed by atoms with van der Waals surface area (Å²) in [6, 6.07) is 38.8. The number of nitrogens with one attached hydrogen (secondary N) is 1. The Morgan fingerprint density at radius 2 is 0.987 bits per heavy atom. The second-order valence-corrected chi connectivity index (χ2v) is 16.4. The van der Waals surface area contributed by atoms with Crippen molar-refractivity contribution in [1.82, 2.24) is 39.5 Å². The third-order valence-corrected chi connectivity index (χ3v) is 10.1. The molecule has 0 atom stereocenters. The van der Waals surface area contributed by atoms with Gasteiger partial charge in [0.05, 0.1) is 23.8 Å². The lowest BCUT2D eigenvalue weighted by atomic mass is 10.2. The number of alkyl halides is 3. The molecule has 0 bridgehead atoms. The van der Waals surface area contributed by atoms with E-state index in [2.05, 4.69) is 40.2 Å². The summed E-state index contributed by atoms with van der Waals surface area (Å²) in [6.45, 7) is 0. The number of nitrogens with two attached hydrogens (primary N) is 2. The first-order chi connectivity index (χ1) is 36.5. The molecule has 0 aliphatic rings. The molecule has 0 radical (unpaired) electrons. The molecule has 6 heterocycles. The molecule has 0 aliphatic heterocycles. The average molecular weight is 1070 g/mol. The number of benzene rings is 4. The van der Waals surface area contributed by atoms with Gasteiger partial charge >= 0.3 is 6.36 Å². The van der Waals surface area contributed by atoms with Crippen LogP contribution in [0, 0.1) is 5.82 Å². The van der Waals surface area contributed by atoms with Gasteiger partial charge in [-0.05, 0) is 84.9 Å². The standard InChI is InChI=1S/C23H17F3N4O3.C15H14N4O.C11H9ClN2O.C5H3ClFN/c1-30-14-16(13-28-30)21-12-20(9-10-27-21)32-19-4-2-3-17(11-19)29-22(31)15-5-7-18(8-6-15)33-23(24,25)26;1-19-10-11(9-18-19)15-8-14(5-6-17-15)20-13-4-2-3-12(16)7-13;12-11-7-10(4-5-14-11)15-9-3-1-2-8(13)6-9;6-5-3-4(7)1-2-8-5/h2-14H,1H3,(H,29,31);2-10H,16H2,1H3;1-7H,13H2;1-3H. The number of amides is 1. The fraction of sp³-hybridized carbons (Fsp3) is 0.0556. The molecular formula is C54H43Cl2F4N11O5. The molecule has 386 valence electrons. The lowest BCUT2D eigenvalue weighted by Gasteiger charge is -2.11. The number of pyridine rings is 4. The molecule has 10 aromatic rings. The van der Waals surface area contributed by atoms with E-state index in [1.54, 1.807) is 107 Å². The smallest absolute Gasteiger partial charge is 0.457 e. The van der Waals surface area contributed by atoms with Crippen LogP contribution in [0.15, 0.2) is 195 Å². The third kappa shape index (κ3) is 17.6. The van der Waals surface area contributed by atoms with Gasteiger partial charge in [-0.1, -0.05) is 41.4 Å². The van der Waals surface area contributed by atoms with Gasteiger partial charge in [0, 0.05) is 127 Å². The van der Waals surface area contributed by atoms with Crippen molar-refractivity contribution in [2.75, 3.05) is 16.8 Å². The number of carbonyl (C=O) groups excluding carboxylic acids is 1. The number of nitrogen functional groups attached to an aromatic ring is 2. The van der Waals surface area contributed by atoms with E-state index in [0.29, 0.717) is 62.4 Å². The first kappa shape index (κ1) is 54.2. The van der Waals surface area contributed by atoms with Crippen LogP contribution >= 0.6 is 23.2 Å². The summed E-state index contributed by atoms with van der Waals surface area (Å²) in [7, 11) is 3.69. The Morgan fingerprint density at radius 3 is 1.42 bits per heavy atom. The zero-order valence-electron chi connectivity index (χ0n) is 40.0. The maximum atomic E-state index is 12.5. The molecule has 0 saturated heterocycles. The fourth-order valence-corrected chi connectivity index (χ4v) is 6.74. The average Bonchev–Trinajstić information content (AvgIpc) is 4.03. The van der Waals surface area contributed by atoms with Crippen LogP contribution in [0.3, 0.4) is 0 Å². The minimum atomic E-state index is -4.79. The lowest BCUT2D eigenvalue weighted by molar-refractivity contribution is -0.274. The Labute approximate surface area is 442 Å². The number of rotatable bonds is 11. The van der Waals surface area contributed by atoms with Crippen molar-refractivity contribution in [1.29, 1.82) is 0 Å². The molecule has 0 spiro atoms. The summed E-state index contributed by atoms with van der Waals surface area (Å²) in [5.74, 6) is 2.50. The topological polar surface area (TPSA) is 205 Å². The Kier molecular flexibility index (Phi) is 18.5. The van der Waals surface area contributed by atoms with Gasteiger partial charge in [-0.3, -0.25) is 24.1 Å². The maximum Gasteiger partial charge on any atom is 0.573 e. The van der Waals surface area contributed by atoms with E-state index in [1.165, 1.54) is 24.4 Å². The molecule has 0 fully saturated rings. The van der Waals surface area contributed by atoms with Gasteiger partial charge in [0.1, 0.15) is 56.4 Å². The molecule has 0 unspecified atom stereocenters. The normalized spacial score (nSPS) is 10.5. The number of nitrogens with zero attached hydrogens (tertiary/aromatic N) is 8. The number of aryl methyl sites for hydroxylation is 2. The van der Waals surface area contributed by atoms with Crippen LogP contribution in [0.5, 0.6) is 40.2 Å². The predicted octanol–water partition coefficient (Wildman–Crippen LogP) is 13.3. The van der Waals surface area contributed by atoms with Gasteiger partial charge in [-0.2, -0.15) is 10.2 Å². The monoisotopic (exact) mass is 1070 g/mol. The molecule has 6 aromatic heterocycles. The summed E-state index contributed by atoms with van der Waals surface area (Å²) in [6.07, 6.45) is 8.66. The van der Waals surface area contributed by atoms with Crippen LogP contribution in [0.25, 0.3) is 22.5 Å². The number of carbonyl (C=O) groups is 1. The van der Waals surface area contributed by atoms with Gasteiger partial charge < -0.3 is 35.7 Å². The number of aromatic nitrogens is 8. The minimum Gasteiger partial charge on any atom is -0.457 e. The lowest BCUT2D eigenvalue weighted by Crippen LogP contribution is -2.17. The molecule has 4 aromatic carbocycles. The van der Waals surface area contributed by atoms with Crippen LogP contribution < -0.4 is 35.7 Å². The van der Waals surface area contributed by atoms with Crippen molar-refractivity contribution in [2.45, 2.75) is 6.36 Å². The predicted molar refractivity (Wildman–Crippen MR) is 281 cm³/mol. The summed E-state index contributed by atoms with van der Waals surface area (Å²) in [5, 5.41) is 11.5. The van der Waals surface area contributed by atoms with E-state index < -0.39 is 18.0 Å². The SMILES string of the molecule is Cn1cc(-c2cc(Oc3cccc(N)c3)ccn2)cn1.Cn1cc(-c2cc(Oc3cccc(NC(=O)c4ccc(OC(F)(F)F)cc4)c3)ccn2)cn1.Fc1ccnc(Cl)c1.Nc1cccc(Oc2ccnc(Cl)c2)c1. The number of anilines is 3.